The maximum absolute atomic E-state index is 4.30. The molecule has 0 radical (unpaired) electrons. The molecule has 3 heterocycles. The maximum atomic E-state index is 4.30. The number of hydrogen-bond acceptors (Lipinski definition) is 6. The van der Waals surface area contributed by atoms with Gasteiger partial charge < -0.3 is 10.6 Å². The van der Waals surface area contributed by atoms with Crippen LogP contribution in [0.5, 0.6) is 0 Å². The zero-order valence-electron chi connectivity index (χ0n) is 10.4. The number of rotatable bonds is 3. The van der Waals surface area contributed by atoms with Gasteiger partial charge >= 0.3 is 0 Å². The van der Waals surface area contributed by atoms with Crippen LogP contribution in [-0.2, 0) is 0 Å². The summed E-state index contributed by atoms with van der Waals surface area (Å²) in [6.07, 6.45) is 2.38. The fourth-order valence-corrected chi connectivity index (χ4v) is 2.25. The second kappa shape index (κ2) is 4.49. The molecule has 0 amide bonds. The third-order valence-corrected chi connectivity index (χ3v) is 3.58. The molecule has 0 spiro atoms. The van der Waals surface area contributed by atoms with Crippen LogP contribution in [0.1, 0.15) is 19.8 Å². The van der Waals surface area contributed by atoms with Crippen LogP contribution in [0.4, 0.5) is 5.82 Å². The molecule has 0 saturated carbocycles. The largest absolute Gasteiger partial charge is 0.368 e. The highest BCUT2D eigenvalue weighted by atomic mass is 15.6. The zero-order chi connectivity index (χ0) is 12.4. The van der Waals surface area contributed by atoms with Gasteiger partial charge in [0.05, 0.1) is 0 Å². The molecule has 0 unspecified atom stereocenters. The van der Waals surface area contributed by atoms with Crippen LogP contribution in [0, 0.1) is 5.41 Å². The number of nitrogens with one attached hydrogen (secondary N) is 2. The smallest absolute Gasteiger partial charge is 0.200 e. The van der Waals surface area contributed by atoms with Crippen LogP contribution in [-0.4, -0.2) is 44.9 Å². The standard InChI is InChI=1S/C11H17N7/c1-11(4-6-12-7-5-11)8-13-9-2-3-10-14-16-17-18(10)15-9/h2-3,12H,4-8H2,1H3,(H,13,15). The van der Waals surface area contributed by atoms with Crippen molar-refractivity contribution in [1.82, 2.24) is 30.6 Å². The van der Waals surface area contributed by atoms with Crippen molar-refractivity contribution in [3.8, 4) is 0 Å². The Balaban J connectivity index is 1.68. The van der Waals surface area contributed by atoms with Crippen molar-refractivity contribution < 1.29 is 0 Å². The summed E-state index contributed by atoms with van der Waals surface area (Å²) >= 11 is 0. The van der Waals surface area contributed by atoms with Crippen LogP contribution in [0.25, 0.3) is 5.65 Å². The van der Waals surface area contributed by atoms with E-state index in [0.29, 0.717) is 11.1 Å². The molecule has 1 fully saturated rings. The molecular weight excluding hydrogens is 230 g/mol. The van der Waals surface area contributed by atoms with Crippen LogP contribution >= 0.6 is 0 Å². The van der Waals surface area contributed by atoms with Gasteiger partial charge in [0.2, 0.25) is 0 Å². The SMILES string of the molecule is CC1(CNc2ccc3nnnn3n2)CCNCC1. The maximum Gasteiger partial charge on any atom is 0.200 e. The van der Waals surface area contributed by atoms with Crippen LogP contribution in [0.15, 0.2) is 12.1 Å². The summed E-state index contributed by atoms with van der Waals surface area (Å²) in [6.45, 7) is 5.43. The van der Waals surface area contributed by atoms with E-state index in [1.165, 1.54) is 17.5 Å². The van der Waals surface area contributed by atoms with Gasteiger partial charge in [-0.25, -0.2) is 0 Å². The summed E-state index contributed by atoms with van der Waals surface area (Å²) in [4.78, 5) is 0. The summed E-state index contributed by atoms with van der Waals surface area (Å²) in [5, 5.41) is 22.3. The molecule has 1 saturated heterocycles. The van der Waals surface area contributed by atoms with E-state index in [4.69, 9.17) is 0 Å². The minimum Gasteiger partial charge on any atom is -0.368 e. The lowest BCUT2D eigenvalue weighted by Crippen LogP contribution is -2.39. The van der Waals surface area contributed by atoms with Crippen molar-refractivity contribution in [2.24, 2.45) is 5.41 Å². The summed E-state index contributed by atoms with van der Waals surface area (Å²) in [5.74, 6) is 0.814. The van der Waals surface area contributed by atoms with Gasteiger partial charge in [-0.2, -0.15) is 0 Å². The molecule has 96 valence electrons. The Bertz CT molecular complexity index is 529. The molecule has 2 aromatic heterocycles. The Morgan fingerprint density at radius 3 is 3.06 bits per heavy atom. The molecule has 0 aromatic carbocycles. The lowest BCUT2D eigenvalue weighted by molar-refractivity contribution is 0.247. The molecule has 7 nitrogen and oxygen atoms in total. The summed E-state index contributed by atoms with van der Waals surface area (Å²) in [6, 6.07) is 3.77. The Morgan fingerprint density at radius 2 is 2.22 bits per heavy atom. The number of tetrazole rings is 1. The van der Waals surface area contributed by atoms with Crippen LogP contribution < -0.4 is 10.6 Å². The van der Waals surface area contributed by atoms with Crippen LogP contribution in [0.3, 0.4) is 0 Å². The summed E-state index contributed by atoms with van der Waals surface area (Å²) in [5.41, 5.74) is 0.997. The van der Waals surface area contributed by atoms with Gasteiger partial charge in [-0.15, -0.1) is 14.8 Å². The van der Waals surface area contributed by atoms with E-state index in [0.717, 1.165) is 25.5 Å². The predicted molar refractivity (Wildman–Crippen MR) is 67.3 cm³/mol. The Hall–Kier alpha value is -1.76. The quantitative estimate of drug-likeness (QED) is 0.813. The second-order valence-electron chi connectivity index (χ2n) is 5.16. The molecule has 18 heavy (non-hydrogen) atoms. The number of aromatic nitrogens is 5. The summed E-state index contributed by atoms with van der Waals surface area (Å²) in [7, 11) is 0. The molecule has 0 aliphatic carbocycles. The molecule has 0 atom stereocenters. The zero-order valence-corrected chi connectivity index (χ0v) is 10.4. The fourth-order valence-electron chi connectivity index (χ4n) is 2.25. The van der Waals surface area contributed by atoms with Gasteiger partial charge in [-0.1, -0.05) is 6.92 Å². The Morgan fingerprint density at radius 1 is 1.39 bits per heavy atom. The first-order chi connectivity index (χ1) is 8.75. The predicted octanol–water partition coefficient (Wildman–Crippen LogP) is 0.321. The highest BCUT2D eigenvalue weighted by molar-refractivity contribution is 5.42. The Labute approximate surface area is 105 Å². The average molecular weight is 247 g/mol. The van der Waals surface area contributed by atoms with E-state index < -0.39 is 0 Å². The van der Waals surface area contributed by atoms with E-state index in [9.17, 15) is 0 Å². The molecule has 0 bridgehead atoms. The number of piperidine rings is 1. The van der Waals surface area contributed by atoms with E-state index in [1.807, 2.05) is 12.1 Å². The first-order valence-electron chi connectivity index (χ1n) is 6.25. The van der Waals surface area contributed by atoms with Crippen LogP contribution in [0.2, 0.25) is 0 Å². The van der Waals surface area contributed by atoms with Crippen molar-refractivity contribution in [3.05, 3.63) is 12.1 Å². The monoisotopic (exact) mass is 247 g/mol. The number of nitrogens with zero attached hydrogens (tertiary/aromatic N) is 5. The van der Waals surface area contributed by atoms with Gasteiger partial charge in [0.15, 0.2) is 5.65 Å². The van der Waals surface area contributed by atoms with Gasteiger partial charge in [0, 0.05) is 6.54 Å². The molecule has 2 N–H and O–H groups in total. The normalized spacial score (nSPS) is 18.9. The molecule has 1 aliphatic heterocycles. The van der Waals surface area contributed by atoms with Crippen molar-refractivity contribution >= 4 is 11.5 Å². The number of fused-ring (bicyclic) bond motifs is 1. The van der Waals surface area contributed by atoms with Crippen molar-refractivity contribution in [2.45, 2.75) is 19.8 Å². The molecule has 1 aliphatic rings. The first-order valence-corrected chi connectivity index (χ1v) is 6.25. The second-order valence-corrected chi connectivity index (χ2v) is 5.16. The molecule has 2 aromatic rings. The van der Waals surface area contributed by atoms with Crippen molar-refractivity contribution in [1.29, 1.82) is 0 Å². The molecule has 7 heteroatoms. The first kappa shape index (κ1) is 11.3. The highest BCUT2D eigenvalue weighted by Gasteiger charge is 2.26. The lowest BCUT2D eigenvalue weighted by Gasteiger charge is -2.34. The van der Waals surface area contributed by atoms with E-state index in [2.05, 4.69) is 38.2 Å². The highest BCUT2D eigenvalue weighted by Crippen LogP contribution is 2.27. The lowest BCUT2D eigenvalue weighted by atomic mass is 9.81. The van der Waals surface area contributed by atoms with Crippen molar-refractivity contribution in [3.63, 3.8) is 0 Å². The molecule has 3 rings (SSSR count). The number of hydrogen-bond donors (Lipinski definition) is 2. The van der Waals surface area contributed by atoms with E-state index in [-0.39, 0.29) is 0 Å². The van der Waals surface area contributed by atoms with Crippen molar-refractivity contribution in [2.75, 3.05) is 25.0 Å². The minimum absolute atomic E-state index is 0.336. The number of anilines is 1. The van der Waals surface area contributed by atoms with Gasteiger partial charge in [-0.3, -0.25) is 0 Å². The molecular formula is C11H17N7. The summed E-state index contributed by atoms with van der Waals surface area (Å²) < 4.78 is 1.44. The minimum atomic E-state index is 0.336. The van der Waals surface area contributed by atoms with E-state index in [1.54, 1.807) is 0 Å². The third-order valence-electron chi connectivity index (χ3n) is 3.58. The fraction of sp³-hybridized carbons (Fsp3) is 0.636. The topological polar surface area (TPSA) is 80.0 Å². The average Bonchev–Trinajstić information content (AvgIpc) is 2.85. The van der Waals surface area contributed by atoms with Gasteiger partial charge in [-0.05, 0) is 53.9 Å². The van der Waals surface area contributed by atoms with E-state index >= 15 is 0 Å². The third kappa shape index (κ3) is 2.26. The van der Waals surface area contributed by atoms with Gasteiger partial charge in [0.1, 0.15) is 5.82 Å². The van der Waals surface area contributed by atoms with Gasteiger partial charge in [0.25, 0.3) is 0 Å². The Kier molecular flexibility index (Phi) is 2.83.